The predicted octanol–water partition coefficient (Wildman–Crippen LogP) is 3.24. The van der Waals surface area contributed by atoms with Crippen LogP contribution in [0.1, 0.15) is 31.1 Å². The molecule has 0 saturated carbocycles. The van der Waals surface area contributed by atoms with Crippen molar-refractivity contribution >= 4 is 5.78 Å². The highest BCUT2D eigenvalue weighted by Crippen LogP contribution is 2.41. The maximum atomic E-state index is 12.8. The lowest BCUT2D eigenvalue weighted by Gasteiger charge is -2.16. The average Bonchev–Trinajstić information content (AvgIpc) is 2.47. The van der Waals surface area contributed by atoms with E-state index in [2.05, 4.69) is 9.47 Å². The zero-order chi connectivity index (χ0) is 12.8. The van der Waals surface area contributed by atoms with E-state index in [9.17, 15) is 13.6 Å². The standard InChI is InChI=1S/C12H12F2O3/c1-11(2,3)10(15)7-4-5-8-9(6-7)17-12(13,14)16-8/h4-6H,1-3H3. The van der Waals surface area contributed by atoms with E-state index in [4.69, 9.17) is 0 Å². The Hall–Kier alpha value is -1.65. The molecule has 0 spiro atoms. The quantitative estimate of drug-likeness (QED) is 0.709. The second-order valence-electron chi connectivity index (χ2n) is 4.91. The molecule has 2 rings (SSSR count). The Kier molecular flexibility index (Phi) is 2.38. The van der Waals surface area contributed by atoms with Crippen molar-refractivity contribution in [1.82, 2.24) is 0 Å². The Labute approximate surface area is 97.3 Å². The van der Waals surface area contributed by atoms with Gasteiger partial charge >= 0.3 is 6.29 Å². The Morgan fingerprint density at radius 1 is 1.18 bits per heavy atom. The SMILES string of the molecule is CC(C)(C)C(=O)c1ccc2c(c1)OC(F)(F)O2. The van der Waals surface area contributed by atoms with Crippen molar-refractivity contribution in [2.24, 2.45) is 5.41 Å². The van der Waals surface area contributed by atoms with Crippen LogP contribution in [-0.2, 0) is 0 Å². The van der Waals surface area contributed by atoms with Crippen LogP contribution < -0.4 is 9.47 Å². The van der Waals surface area contributed by atoms with Crippen LogP contribution in [0.4, 0.5) is 8.78 Å². The number of hydrogen-bond acceptors (Lipinski definition) is 3. The van der Waals surface area contributed by atoms with Crippen molar-refractivity contribution in [3.05, 3.63) is 23.8 Å². The number of alkyl halides is 2. The minimum atomic E-state index is -3.65. The van der Waals surface area contributed by atoms with Gasteiger partial charge in [0.05, 0.1) is 0 Å². The van der Waals surface area contributed by atoms with E-state index in [-0.39, 0.29) is 17.3 Å². The van der Waals surface area contributed by atoms with E-state index in [0.29, 0.717) is 5.56 Å². The van der Waals surface area contributed by atoms with Gasteiger partial charge in [0.25, 0.3) is 0 Å². The Balaban J connectivity index is 2.35. The Morgan fingerprint density at radius 2 is 1.76 bits per heavy atom. The first-order chi connectivity index (χ1) is 7.69. The Bertz CT molecular complexity index is 475. The zero-order valence-corrected chi connectivity index (χ0v) is 9.71. The van der Waals surface area contributed by atoms with Crippen LogP contribution in [0, 0.1) is 5.41 Å². The number of hydrogen-bond donors (Lipinski definition) is 0. The maximum Gasteiger partial charge on any atom is 0.586 e. The van der Waals surface area contributed by atoms with Gasteiger partial charge in [-0.05, 0) is 18.2 Å². The molecule has 0 atom stereocenters. The van der Waals surface area contributed by atoms with Crippen molar-refractivity contribution in [2.45, 2.75) is 27.1 Å². The van der Waals surface area contributed by atoms with Crippen molar-refractivity contribution in [1.29, 1.82) is 0 Å². The van der Waals surface area contributed by atoms with Crippen molar-refractivity contribution in [3.8, 4) is 11.5 Å². The molecule has 3 nitrogen and oxygen atoms in total. The fourth-order valence-electron chi connectivity index (χ4n) is 1.52. The summed E-state index contributed by atoms with van der Waals surface area (Å²) in [6.07, 6.45) is -3.65. The second-order valence-corrected chi connectivity index (χ2v) is 4.91. The summed E-state index contributed by atoms with van der Waals surface area (Å²) in [5.74, 6) is -0.301. The largest absolute Gasteiger partial charge is 0.586 e. The third-order valence-electron chi connectivity index (χ3n) is 2.34. The number of carbonyl (C=O) groups excluding carboxylic acids is 1. The van der Waals surface area contributed by atoms with Crippen LogP contribution in [-0.4, -0.2) is 12.1 Å². The molecule has 1 heterocycles. The van der Waals surface area contributed by atoms with E-state index in [1.165, 1.54) is 18.2 Å². The van der Waals surface area contributed by atoms with E-state index in [1.54, 1.807) is 20.8 Å². The van der Waals surface area contributed by atoms with Crippen molar-refractivity contribution in [2.75, 3.05) is 0 Å². The van der Waals surface area contributed by atoms with E-state index < -0.39 is 11.7 Å². The monoisotopic (exact) mass is 242 g/mol. The lowest BCUT2D eigenvalue weighted by Crippen LogP contribution is -2.26. The van der Waals surface area contributed by atoms with Gasteiger partial charge in [-0.3, -0.25) is 4.79 Å². The second kappa shape index (κ2) is 3.42. The lowest BCUT2D eigenvalue weighted by atomic mass is 9.86. The molecule has 0 N–H and O–H groups in total. The van der Waals surface area contributed by atoms with E-state index >= 15 is 0 Å². The fraction of sp³-hybridized carbons (Fsp3) is 0.417. The Morgan fingerprint density at radius 3 is 2.35 bits per heavy atom. The van der Waals surface area contributed by atoms with Gasteiger partial charge in [-0.15, -0.1) is 8.78 Å². The summed E-state index contributed by atoms with van der Waals surface area (Å²) in [4.78, 5) is 11.9. The molecule has 0 radical (unpaired) electrons. The molecule has 1 aromatic carbocycles. The van der Waals surface area contributed by atoms with Gasteiger partial charge in [-0.25, -0.2) is 0 Å². The van der Waals surface area contributed by atoms with Crippen LogP contribution in [0.5, 0.6) is 11.5 Å². The highest BCUT2D eigenvalue weighted by atomic mass is 19.3. The number of halogens is 2. The molecule has 5 heteroatoms. The minimum absolute atomic E-state index is 0.0551. The molecule has 0 amide bonds. The molecule has 1 aliphatic rings. The number of fused-ring (bicyclic) bond motifs is 1. The fourth-order valence-corrected chi connectivity index (χ4v) is 1.52. The summed E-state index contributed by atoms with van der Waals surface area (Å²) in [7, 11) is 0. The molecule has 1 aliphatic heterocycles. The molecule has 0 fully saturated rings. The molecular formula is C12H12F2O3. The van der Waals surface area contributed by atoms with Gasteiger partial charge in [0.1, 0.15) is 0 Å². The topological polar surface area (TPSA) is 35.5 Å². The number of ether oxygens (including phenoxy) is 2. The predicted molar refractivity (Wildman–Crippen MR) is 56.4 cm³/mol. The van der Waals surface area contributed by atoms with Gasteiger partial charge in [0, 0.05) is 11.0 Å². The molecule has 0 unspecified atom stereocenters. The summed E-state index contributed by atoms with van der Waals surface area (Å²) >= 11 is 0. The normalized spacial score (nSPS) is 17.0. The van der Waals surface area contributed by atoms with Gasteiger partial charge in [-0.1, -0.05) is 20.8 Å². The number of rotatable bonds is 1. The number of ketones is 1. The molecule has 17 heavy (non-hydrogen) atoms. The molecule has 0 aromatic heterocycles. The average molecular weight is 242 g/mol. The molecular weight excluding hydrogens is 230 g/mol. The first kappa shape index (κ1) is 11.8. The van der Waals surface area contributed by atoms with Gasteiger partial charge in [0.15, 0.2) is 17.3 Å². The number of Topliss-reactive ketones (excluding diaryl/α,β-unsaturated/α-hetero) is 1. The van der Waals surface area contributed by atoms with E-state index in [0.717, 1.165) is 0 Å². The van der Waals surface area contributed by atoms with Crippen LogP contribution >= 0.6 is 0 Å². The van der Waals surface area contributed by atoms with Crippen LogP contribution in [0.25, 0.3) is 0 Å². The molecule has 1 aromatic rings. The third-order valence-corrected chi connectivity index (χ3v) is 2.34. The van der Waals surface area contributed by atoms with Gasteiger partial charge in [0.2, 0.25) is 0 Å². The lowest BCUT2D eigenvalue weighted by molar-refractivity contribution is -0.286. The molecule has 0 bridgehead atoms. The maximum absolute atomic E-state index is 12.8. The summed E-state index contributed by atoms with van der Waals surface area (Å²) < 4.78 is 34.1. The van der Waals surface area contributed by atoms with Gasteiger partial charge in [-0.2, -0.15) is 0 Å². The molecule has 0 aliphatic carbocycles. The molecule has 0 saturated heterocycles. The van der Waals surface area contributed by atoms with Crippen LogP contribution in [0.2, 0.25) is 0 Å². The highest BCUT2D eigenvalue weighted by molar-refractivity contribution is 6.00. The number of benzene rings is 1. The van der Waals surface area contributed by atoms with Crippen LogP contribution in [0.15, 0.2) is 18.2 Å². The van der Waals surface area contributed by atoms with Crippen molar-refractivity contribution < 1.29 is 23.0 Å². The van der Waals surface area contributed by atoms with Gasteiger partial charge < -0.3 is 9.47 Å². The zero-order valence-electron chi connectivity index (χ0n) is 9.71. The first-order valence-corrected chi connectivity index (χ1v) is 5.14. The van der Waals surface area contributed by atoms with Crippen LogP contribution in [0.3, 0.4) is 0 Å². The highest BCUT2D eigenvalue weighted by Gasteiger charge is 2.43. The van der Waals surface area contributed by atoms with E-state index in [1.807, 2.05) is 0 Å². The summed E-state index contributed by atoms with van der Waals surface area (Å²) in [6, 6.07) is 4.05. The number of carbonyl (C=O) groups is 1. The third kappa shape index (κ3) is 2.23. The summed E-state index contributed by atoms with van der Waals surface area (Å²) in [6.45, 7) is 5.28. The smallest absolute Gasteiger partial charge is 0.395 e. The first-order valence-electron chi connectivity index (χ1n) is 5.14. The summed E-state index contributed by atoms with van der Waals surface area (Å²) in [5.41, 5.74) is -0.242. The van der Waals surface area contributed by atoms with Crippen molar-refractivity contribution in [3.63, 3.8) is 0 Å². The summed E-state index contributed by atoms with van der Waals surface area (Å²) in [5, 5.41) is 0. The minimum Gasteiger partial charge on any atom is -0.395 e. The molecule has 92 valence electrons.